The van der Waals surface area contributed by atoms with Crippen molar-refractivity contribution < 1.29 is 9.47 Å². The second-order valence-corrected chi connectivity index (χ2v) is 5.29. The molecule has 1 aromatic carbocycles. The van der Waals surface area contributed by atoms with Crippen molar-refractivity contribution in [2.24, 2.45) is 16.9 Å². The van der Waals surface area contributed by atoms with E-state index < -0.39 is 0 Å². The van der Waals surface area contributed by atoms with Crippen LogP contribution in [-0.2, 0) is 4.74 Å². The van der Waals surface area contributed by atoms with Crippen molar-refractivity contribution in [3.05, 3.63) is 28.2 Å². The van der Waals surface area contributed by atoms with Crippen molar-refractivity contribution in [2.75, 3.05) is 26.9 Å². The first kappa shape index (κ1) is 12.8. The predicted molar refractivity (Wildman–Crippen MR) is 69.9 cm³/mol. The maximum Gasteiger partial charge on any atom is 0.133 e. The minimum atomic E-state index is -0.117. The Morgan fingerprint density at radius 1 is 1.53 bits per heavy atom. The first-order valence-electron chi connectivity index (χ1n) is 5.50. The third kappa shape index (κ3) is 2.20. The molecule has 2 rings (SSSR count). The van der Waals surface area contributed by atoms with Gasteiger partial charge in [-0.25, -0.2) is 0 Å². The summed E-state index contributed by atoms with van der Waals surface area (Å²) in [6.45, 7) is 1.81. The summed E-state index contributed by atoms with van der Waals surface area (Å²) in [6.07, 6.45) is 0. The quantitative estimate of drug-likeness (QED) is 0.882. The number of hydrogen-bond acceptors (Lipinski definition) is 4. The van der Waals surface area contributed by atoms with Crippen molar-refractivity contribution in [2.45, 2.75) is 6.04 Å². The van der Waals surface area contributed by atoms with Gasteiger partial charge in [0.05, 0.1) is 24.8 Å². The summed E-state index contributed by atoms with van der Waals surface area (Å²) in [4.78, 5) is 0. The molecular formula is C12H17BrN2O2. The lowest BCUT2D eigenvalue weighted by Crippen LogP contribution is -2.54. The smallest absolute Gasteiger partial charge is 0.133 e. The topological polar surface area (TPSA) is 70.5 Å². The van der Waals surface area contributed by atoms with Crippen LogP contribution in [0.5, 0.6) is 5.75 Å². The molecule has 0 radical (unpaired) electrons. The van der Waals surface area contributed by atoms with Gasteiger partial charge >= 0.3 is 0 Å². The van der Waals surface area contributed by atoms with E-state index in [2.05, 4.69) is 15.9 Å². The lowest BCUT2D eigenvalue weighted by Gasteiger charge is -2.45. The average Bonchev–Trinajstić information content (AvgIpc) is 2.28. The number of ether oxygens (including phenoxy) is 2. The van der Waals surface area contributed by atoms with Crippen LogP contribution < -0.4 is 16.2 Å². The van der Waals surface area contributed by atoms with Gasteiger partial charge in [0.15, 0.2) is 0 Å². The van der Waals surface area contributed by atoms with Gasteiger partial charge in [-0.1, -0.05) is 6.07 Å². The lowest BCUT2D eigenvalue weighted by atomic mass is 9.76. The zero-order chi connectivity index (χ0) is 12.5. The van der Waals surface area contributed by atoms with Gasteiger partial charge in [0.2, 0.25) is 0 Å². The van der Waals surface area contributed by atoms with Gasteiger partial charge in [0, 0.05) is 18.0 Å². The van der Waals surface area contributed by atoms with Gasteiger partial charge in [-0.15, -0.1) is 0 Å². The van der Waals surface area contributed by atoms with E-state index >= 15 is 0 Å². The Hall–Kier alpha value is -0.620. The monoisotopic (exact) mass is 300 g/mol. The van der Waals surface area contributed by atoms with E-state index in [1.165, 1.54) is 0 Å². The summed E-state index contributed by atoms with van der Waals surface area (Å²) >= 11 is 3.46. The second kappa shape index (κ2) is 4.94. The predicted octanol–water partition coefficient (Wildman–Crippen LogP) is 1.43. The first-order chi connectivity index (χ1) is 8.13. The van der Waals surface area contributed by atoms with E-state index in [0.29, 0.717) is 19.8 Å². The molecule has 4 nitrogen and oxygen atoms in total. The highest BCUT2D eigenvalue weighted by atomic mass is 79.9. The highest BCUT2D eigenvalue weighted by molar-refractivity contribution is 9.10. The molecular weight excluding hydrogens is 284 g/mol. The molecule has 1 unspecified atom stereocenters. The maximum atomic E-state index is 6.28. The fraction of sp³-hybridized carbons (Fsp3) is 0.500. The molecule has 0 spiro atoms. The number of rotatable bonds is 4. The van der Waals surface area contributed by atoms with E-state index in [1.807, 2.05) is 18.2 Å². The molecule has 4 N–H and O–H groups in total. The van der Waals surface area contributed by atoms with E-state index in [4.69, 9.17) is 20.9 Å². The largest absolute Gasteiger partial charge is 0.496 e. The third-order valence-electron chi connectivity index (χ3n) is 3.38. The number of hydrogen-bond donors (Lipinski definition) is 2. The molecule has 0 saturated carbocycles. The van der Waals surface area contributed by atoms with Crippen LogP contribution >= 0.6 is 15.9 Å². The minimum absolute atomic E-state index is 0.108. The van der Waals surface area contributed by atoms with Crippen molar-refractivity contribution in [3.8, 4) is 5.75 Å². The molecule has 0 bridgehead atoms. The van der Waals surface area contributed by atoms with Crippen LogP contribution in [0.25, 0.3) is 0 Å². The Morgan fingerprint density at radius 3 is 2.65 bits per heavy atom. The van der Waals surface area contributed by atoms with E-state index in [9.17, 15) is 0 Å². The summed E-state index contributed by atoms with van der Waals surface area (Å²) in [5.74, 6) is 0.799. The van der Waals surface area contributed by atoms with Gasteiger partial charge < -0.3 is 20.9 Å². The van der Waals surface area contributed by atoms with E-state index in [1.54, 1.807) is 7.11 Å². The Balaban J connectivity index is 2.25. The highest BCUT2D eigenvalue weighted by Gasteiger charge is 2.43. The molecule has 5 heteroatoms. The molecule has 0 aliphatic carbocycles. The zero-order valence-electron chi connectivity index (χ0n) is 9.78. The molecule has 1 aromatic rings. The maximum absolute atomic E-state index is 6.28. The van der Waals surface area contributed by atoms with Gasteiger partial charge in [-0.05, 0) is 33.6 Å². The van der Waals surface area contributed by atoms with Crippen LogP contribution in [-0.4, -0.2) is 26.9 Å². The Labute approximate surface area is 109 Å². The molecule has 1 heterocycles. The van der Waals surface area contributed by atoms with Crippen LogP contribution in [0.1, 0.15) is 11.6 Å². The summed E-state index contributed by atoms with van der Waals surface area (Å²) in [6, 6.07) is 5.76. The molecule has 1 saturated heterocycles. The van der Waals surface area contributed by atoms with Crippen LogP contribution in [0.3, 0.4) is 0 Å². The number of nitrogens with two attached hydrogens (primary N) is 2. The number of methoxy groups -OCH3 is 1. The van der Waals surface area contributed by atoms with Crippen molar-refractivity contribution in [1.29, 1.82) is 0 Å². The van der Waals surface area contributed by atoms with Gasteiger partial charge in [0.25, 0.3) is 0 Å². The number of benzene rings is 1. The zero-order valence-corrected chi connectivity index (χ0v) is 11.4. The molecule has 1 aliphatic rings. The molecule has 1 aliphatic heterocycles. The molecule has 0 aromatic heterocycles. The van der Waals surface area contributed by atoms with Gasteiger partial charge in [0.1, 0.15) is 5.75 Å². The Kier molecular flexibility index (Phi) is 3.73. The Morgan fingerprint density at radius 2 is 2.24 bits per heavy atom. The SMILES string of the molecule is COc1ccc(C(N)C2(CN)COC2)cc1Br. The van der Waals surface area contributed by atoms with Crippen LogP contribution in [0.2, 0.25) is 0 Å². The van der Waals surface area contributed by atoms with Crippen LogP contribution in [0.15, 0.2) is 22.7 Å². The second-order valence-electron chi connectivity index (χ2n) is 4.43. The lowest BCUT2D eigenvalue weighted by molar-refractivity contribution is -0.121. The third-order valence-corrected chi connectivity index (χ3v) is 4.00. The van der Waals surface area contributed by atoms with Gasteiger partial charge in [-0.3, -0.25) is 0 Å². The average molecular weight is 301 g/mol. The van der Waals surface area contributed by atoms with Gasteiger partial charge in [-0.2, -0.15) is 0 Å². The molecule has 1 fully saturated rings. The summed E-state index contributed by atoms with van der Waals surface area (Å²) in [7, 11) is 1.64. The molecule has 0 amide bonds. The molecule has 17 heavy (non-hydrogen) atoms. The van der Waals surface area contributed by atoms with Crippen LogP contribution in [0, 0.1) is 5.41 Å². The van der Waals surface area contributed by atoms with Crippen molar-refractivity contribution >= 4 is 15.9 Å². The van der Waals surface area contributed by atoms with Crippen molar-refractivity contribution in [3.63, 3.8) is 0 Å². The fourth-order valence-corrected chi connectivity index (χ4v) is 2.58. The minimum Gasteiger partial charge on any atom is -0.496 e. The van der Waals surface area contributed by atoms with Crippen molar-refractivity contribution in [1.82, 2.24) is 0 Å². The standard InChI is InChI=1S/C12H17BrN2O2/c1-16-10-3-2-8(4-9(10)13)11(15)12(5-14)6-17-7-12/h2-4,11H,5-7,14-15H2,1H3. The fourth-order valence-electron chi connectivity index (χ4n) is 2.02. The number of halogens is 1. The summed E-state index contributed by atoms with van der Waals surface area (Å²) in [5.41, 5.74) is 13.0. The molecule has 1 atom stereocenters. The first-order valence-corrected chi connectivity index (χ1v) is 6.29. The van der Waals surface area contributed by atoms with E-state index in [0.717, 1.165) is 15.8 Å². The molecule has 94 valence electrons. The normalized spacial score (nSPS) is 19.5. The van der Waals surface area contributed by atoms with Crippen LogP contribution in [0.4, 0.5) is 0 Å². The summed E-state index contributed by atoms with van der Waals surface area (Å²) in [5, 5.41) is 0. The van der Waals surface area contributed by atoms with E-state index in [-0.39, 0.29) is 11.5 Å². The summed E-state index contributed by atoms with van der Waals surface area (Å²) < 4.78 is 11.3. The highest BCUT2D eigenvalue weighted by Crippen LogP contribution is 2.39. The Bertz CT molecular complexity index is 402.